The van der Waals surface area contributed by atoms with Crippen LogP contribution < -0.4 is 0 Å². The monoisotopic (exact) mass is 493 g/mol. The molecule has 3 aromatic rings. The van der Waals surface area contributed by atoms with Gasteiger partial charge in [-0.3, -0.25) is 14.6 Å². The number of esters is 1. The van der Waals surface area contributed by atoms with E-state index in [1.165, 1.54) is 5.39 Å². The largest absolute Gasteiger partial charge is 0.508 e. The second-order valence-electron chi connectivity index (χ2n) is 10.6. The third-order valence-electron chi connectivity index (χ3n) is 8.20. The zero-order valence-electron chi connectivity index (χ0n) is 21.0. The van der Waals surface area contributed by atoms with Crippen LogP contribution in [0.4, 0.5) is 0 Å². The van der Waals surface area contributed by atoms with Gasteiger partial charge < -0.3 is 9.84 Å². The van der Waals surface area contributed by atoms with E-state index in [1.54, 1.807) is 18.2 Å². The lowest BCUT2D eigenvalue weighted by Crippen LogP contribution is -2.39. The fourth-order valence-corrected chi connectivity index (χ4v) is 6.38. The molecule has 1 heterocycles. The second kappa shape index (κ2) is 9.62. The fourth-order valence-electron chi connectivity index (χ4n) is 6.38. The summed E-state index contributed by atoms with van der Waals surface area (Å²) in [5, 5.41) is 12.6. The molecule has 1 aliphatic heterocycles. The number of Topliss-reactive ketones (excluding diaryl/α,β-unsaturated/α-hetero) is 1. The van der Waals surface area contributed by atoms with Gasteiger partial charge in [-0.05, 0) is 79.0 Å². The molecule has 5 heteroatoms. The van der Waals surface area contributed by atoms with E-state index in [1.807, 2.05) is 25.1 Å². The van der Waals surface area contributed by atoms with Crippen molar-refractivity contribution in [3.05, 3.63) is 89.1 Å². The quantitative estimate of drug-likeness (QED) is 0.415. The molecule has 2 aliphatic carbocycles. The van der Waals surface area contributed by atoms with Gasteiger partial charge >= 0.3 is 5.97 Å². The number of phenols is 1. The number of aliphatic imine (C=N–C) groups is 1. The van der Waals surface area contributed by atoms with Gasteiger partial charge in [0.25, 0.3) is 0 Å². The van der Waals surface area contributed by atoms with E-state index in [0.717, 1.165) is 47.9 Å². The Morgan fingerprint density at radius 2 is 1.70 bits per heavy atom. The van der Waals surface area contributed by atoms with E-state index >= 15 is 0 Å². The van der Waals surface area contributed by atoms with Gasteiger partial charge in [0.1, 0.15) is 17.8 Å². The van der Waals surface area contributed by atoms with Gasteiger partial charge in [0, 0.05) is 29.3 Å². The Labute approximate surface area is 216 Å². The molecule has 1 saturated carbocycles. The van der Waals surface area contributed by atoms with Crippen LogP contribution in [-0.2, 0) is 14.3 Å². The van der Waals surface area contributed by atoms with E-state index in [4.69, 9.17) is 9.73 Å². The van der Waals surface area contributed by atoms with Crippen LogP contribution in [0.5, 0.6) is 5.75 Å². The van der Waals surface area contributed by atoms with Gasteiger partial charge in [-0.25, -0.2) is 0 Å². The molecule has 3 aliphatic rings. The van der Waals surface area contributed by atoms with Crippen LogP contribution in [0.2, 0.25) is 0 Å². The highest BCUT2D eigenvalue weighted by Gasteiger charge is 2.45. The molecule has 1 fully saturated rings. The minimum atomic E-state index is -0.678. The van der Waals surface area contributed by atoms with Crippen LogP contribution in [0.3, 0.4) is 0 Å². The van der Waals surface area contributed by atoms with Crippen molar-refractivity contribution in [3.8, 4) is 5.75 Å². The molecule has 0 spiro atoms. The van der Waals surface area contributed by atoms with Crippen molar-refractivity contribution >= 4 is 28.2 Å². The standard InChI is InChI=1S/C32H31NO4/c1-19-29(32(36)37-26-11-4-5-12-26)30(23-9-6-10-25(34)16-23)31-27(33-19)17-24(18-28(31)35)22-14-13-20-7-2-3-8-21(20)15-22/h2-3,6-10,13-16,24,26,29-30,34H,4-5,11-12,17-18H2,1H3. The average molecular weight is 494 g/mol. The first-order valence-electron chi connectivity index (χ1n) is 13.3. The Balaban J connectivity index is 1.39. The molecule has 0 radical (unpaired) electrons. The summed E-state index contributed by atoms with van der Waals surface area (Å²) in [6, 6.07) is 21.5. The Hall–Kier alpha value is -3.73. The number of ether oxygens (including phenoxy) is 1. The zero-order valence-corrected chi connectivity index (χ0v) is 21.0. The number of nitrogens with zero attached hydrogens (tertiary/aromatic N) is 1. The summed E-state index contributed by atoms with van der Waals surface area (Å²) in [6.07, 6.45) is 4.82. The summed E-state index contributed by atoms with van der Waals surface area (Å²) in [4.78, 5) is 32.2. The number of allylic oxidation sites excluding steroid dienone is 2. The highest BCUT2D eigenvalue weighted by molar-refractivity contribution is 6.09. The van der Waals surface area contributed by atoms with Crippen molar-refractivity contribution in [1.82, 2.24) is 0 Å². The number of hydrogen-bond acceptors (Lipinski definition) is 5. The number of ketones is 1. The smallest absolute Gasteiger partial charge is 0.315 e. The van der Waals surface area contributed by atoms with Crippen LogP contribution in [0.1, 0.15) is 68.4 Å². The van der Waals surface area contributed by atoms with E-state index in [-0.39, 0.29) is 29.5 Å². The summed E-state index contributed by atoms with van der Waals surface area (Å²) < 4.78 is 5.93. The predicted octanol–water partition coefficient (Wildman–Crippen LogP) is 6.61. The Morgan fingerprint density at radius 3 is 2.49 bits per heavy atom. The number of rotatable bonds is 4. The topological polar surface area (TPSA) is 76.0 Å². The van der Waals surface area contributed by atoms with Crippen molar-refractivity contribution < 1.29 is 19.4 Å². The number of carbonyl (C=O) groups is 2. The van der Waals surface area contributed by atoms with Gasteiger partial charge in [-0.2, -0.15) is 0 Å². The highest BCUT2D eigenvalue weighted by Crippen LogP contribution is 2.47. The Morgan fingerprint density at radius 1 is 0.919 bits per heavy atom. The van der Waals surface area contributed by atoms with Crippen molar-refractivity contribution in [2.24, 2.45) is 10.9 Å². The van der Waals surface area contributed by atoms with Crippen LogP contribution >= 0.6 is 0 Å². The van der Waals surface area contributed by atoms with Crippen LogP contribution in [0, 0.1) is 5.92 Å². The average Bonchev–Trinajstić information content (AvgIpc) is 3.40. The molecule has 0 aromatic heterocycles. The molecule has 37 heavy (non-hydrogen) atoms. The first-order chi connectivity index (χ1) is 18.0. The van der Waals surface area contributed by atoms with E-state index in [9.17, 15) is 14.7 Å². The van der Waals surface area contributed by atoms with Gasteiger partial charge in [0.15, 0.2) is 5.78 Å². The maximum Gasteiger partial charge on any atom is 0.315 e. The van der Waals surface area contributed by atoms with Crippen molar-refractivity contribution in [3.63, 3.8) is 0 Å². The molecular formula is C32H31NO4. The van der Waals surface area contributed by atoms with Gasteiger partial charge in [0.2, 0.25) is 0 Å². The van der Waals surface area contributed by atoms with Gasteiger partial charge in [-0.15, -0.1) is 0 Å². The zero-order chi connectivity index (χ0) is 25.5. The van der Waals surface area contributed by atoms with Gasteiger partial charge in [-0.1, -0.05) is 54.6 Å². The van der Waals surface area contributed by atoms with Crippen LogP contribution in [0.25, 0.3) is 10.8 Å². The Kier molecular flexibility index (Phi) is 6.15. The molecule has 0 amide bonds. The number of fused-ring (bicyclic) bond motifs is 1. The molecule has 5 nitrogen and oxygen atoms in total. The number of carbonyl (C=O) groups excluding carboxylic acids is 2. The lowest BCUT2D eigenvalue weighted by atomic mass is 9.69. The maximum absolute atomic E-state index is 13.8. The molecule has 3 aromatic carbocycles. The molecule has 6 rings (SSSR count). The molecule has 0 saturated heterocycles. The third kappa shape index (κ3) is 4.48. The lowest BCUT2D eigenvalue weighted by Gasteiger charge is -2.37. The Bertz CT molecular complexity index is 1450. The van der Waals surface area contributed by atoms with E-state index in [0.29, 0.717) is 24.1 Å². The minimum absolute atomic E-state index is 0.0164. The minimum Gasteiger partial charge on any atom is -0.508 e. The van der Waals surface area contributed by atoms with Crippen LogP contribution in [0.15, 0.2) is 83.0 Å². The molecule has 0 bridgehead atoms. The first kappa shape index (κ1) is 23.7. The molecule has 1 N–H and O–H groups in total. The fraction of sp³-hybridized carbons (Fsp3) is 0.344. The molecule has 188 valence electrons. The first-order valence-corrected chi connectivity index (χ1v) is 13.3. The number of hydrogen-bond donors (Lipinski definition) is 1. The summed E-state index contributed by atoms with van der Waals surface area (Å²) in [5.74, 6) is -1.36. The summed E-state index contributed by atoms with van der Waals surface area (Å²) in [6.45, 7) is 1.87. The number of aromatic hydroxyl groups is 1. The summed E-state index contributed by atoms with van der Waals surface area (Å²) in [5.41, 5.74) is 3.89. The molecule has 3 unspecified atom stereocenters. The van der Waals surface area contributed by atoms with Crippen molar-refractivity contribution in [1.29, 1.82) is 0 Å². The summed E-state index contributed by atoms with van der Waals surface area (Å²) in [7, 11) is 0. The van der Waals surface area contributed by atoms with Crippen LogP contribution in [-0.4, -0.2) is 28.7 Å². The van der Waals surface area contributed by atoms with Crippen molar-refractivity contribution in [2.45, 2.75) is 63.4 Å². The van der Waals surface area contributed by atoms with Gasteiger partial charge in [0.05, 0.1) is 0 Å². The number of phenolic OH excluding ortho intramolecular Hbond substituents is 1. The maximum atomic E-state index is 13.8. The molecular weight excluding hydrogens is 462 g/mol. The lowest BCUT2D eigenvalue weighted by molar-refractivity contribution is -0.151. The van der Waals surface area contributed by atoms with Crippen molar-refractivity contribution in [2.75, 3.05) is 0 Å². The summed E-state index contributed by atoms with van der Waals surface area (Å²) >= 11 is 0. The third-order valence-corrected chi connectivity index (χ3v) is 8.20. The molecule has 3 atom stereocenters. The second-order valence-corrected chi connectivity index (χ2v) is 10.6. The van der Waals surface area contributed by atoms with E-state index in [2.05, 4.69) is 30.3 Å². The number of benzene rings is 3. The highest BCUT2D eigenvalue weighted by atomic mass is 16.5. The normalized spacial score (nSPS) is 24.2. The SMILES string of the molecule is CC1=NC2=C(C(=O)CC(c3ccc4ccccc4c3)C2)C(c2cccc(O)c2)C1C(=O)OC1CCCC1. The predicted molar refractivity (Wildman–Crippen MR) is 144 cm³/mol. The van der Waals surface area contributed by atoms with E-state index < -0.39 is 11.8 Å².